The molecule has 2 aliphatic heterocycles. The van der Waals surface area contributed by atoms with E-state index in [1.807, 2.05) is 36.1 Å². The fourth-order valence-electron chi connectivity index (χ4n) is 5.53. The van der Waals surface area contributed by atoms with E-state index in [2.05, 4.69) is 26.1 Å². The maximum absolute atomic E-state index is 13.8. The summed E-state index contributed by atoms with van der Waals surface area (Å²) in [4.78, 5) is 29.6. The van der Waals surface area contributed by atoms with Gasteiger partial charge >= 0.3 is 0 Å². The minimum atomic E-state index is -0.652. The van der Waals surface area contributed by atoms with Crippen LogP contribution >= 0.6 is 0 Å². The van der Waals surface area contributed by atoms with Gasteiger partial charge in [0.05, 0.1) is 38.5 Å². The molecule has 2 aliphatic rings. The Bertz CT molecular complexity index is 1330. The Balaban J connectivity index is 1.65. The van der Waals surface area contributed by atoms with Gasteiger partial charge in [0.2, 0.25) is 5.91 Å². The van der Waals surface area contributed by atoms with Crippen LogP contribution in [-0.2, 0) is 27.9 Å². The normalized spacial score (nSPS) is 18.5. The lowest BCUT2D eigenvalue weighted by atomic mass is 9.84. The number of β-amino-alcohol motifs (C(OH)–C–C–N with tert-alkyl or cyclic N) is 1. The number of benzene rings is 2. The summed E-state index contributed by atoms with van der Waals surface area (Å²) in [6, 6.07) is 7.41. The number of Topliss-reactive ketones (excluding diaryl/α,β-unsaturated/α-hetero) is 1. The molecule has 4 rings (SSSR count). The number of ether oxygens (including phenoxy) is 3. The SMILES string of the molecule is CCOc1cc2c(cc1CC(=O)NC)C(=N)N(CC(=O)c1cc(N3CC(O)C(OC)C3)c(OC)c(C(C)(C)C)c1)C2. The fourth-order valence-corrected chi connectivity index (χ4v) is 5.53. The van der Waals surface area contributed by atoms with Crippen molar-refractivity contribution in [2.75, 3.05) is 52.4 Å². The number of nitrogens with one attached hydrogen (secondary N) is 2. The second-order valence-corrected chi connectivity index (χ2v) is 11.6. The predicted molar refractivity (Wildman–Crippen MR) is 158 cm³/mol. The molecule has 0 spiro atoms. The van der Waals surface area contributed by atoms with Crippen molar-refractivity contribution in [3.63, 3.8) is 0 Å². The maximum atomic E-state index is 13.8. The third-order valence-corrected chi connectivity index (χ3v) is 7.77. The van der Waals surface area contributed by atoms with E-state index >= 15 is 0 Å². The van der Waals surface area contributed by atoms with Crippen molar-refractivity contribution in [1.82, 2.24) is 10.2 Å². The lowest BCUT2D eigenvalue weighted by Gasteiger charge is -2.29. The molecule has 41 heavy (non-hydrogen) atoms. The topological polar surface area (TPSA) is 124 Å². The molecular weight excluding hydrogens is 524 g/mol. The van der Waals surface area contributed by atoms with Crippen LogP contribution in [0.4, 0.5) is 5.69 Å². The molecule has 3 N–H and O–H groups in total. The van der Waals surface area contributed by atoms with Gasteiger partial charge in [-0.15, -0.1) is 0 Å². The highest BCUT2D eigenvalue weighted by Crippen LogP contribution is 2.41. The molecular formula is C31H42N4O6. The number of aliphatic hydroxyl groups is 1. The summed E-state index contributed by atoms with van der Waals surface area (Å²) in [7, 11) is 4.79. The maximum Gasteiger partial charge on any atom is 0.224 e. The van der Waals surface area contributed by atoms with Crippen molar-refractivity contribution in [1.29, 1.82) is 5.41 Å². The summed E-state index contributed by atoms with van der Waals surface area (Å²) in [5.74, 6) is 1.26. The van der Waals surface area contributed by atoms with E-state index in [0.29, 0.717) is 54.4 Å². The number of hydrogen-bond acceptors (Lipinski definition) is 8. The molecule has 0 aromatic heterocycles. The molecule has 2 heterocycles. The molecule has 0 aliphatic carbocycles. The van der Waals surface area contributed by atoms with Crippen LogP contribution in [0.5, 0.6) is 11.5 Å². The third-order valence-electron chi connectivity index (χ3n) is 7.77. The van der Waals surface area contributed by atoms with Crippen LogP contribution in [0.3, 0.4) is 0 Å². The minimum Gasteiger partial charge on any atom is -0.494 e. The summed E-state index contributed by atoms with van der Waals surface area (Å²) >= 11 is 0. The van der Waals surface area contributed by atoms with Gasteiger partial charge in [-0.2, -0.15) is 0 Å². The van der Waals surface area contributed by atoms with Crippen LogP contribution in [0.1, 0.15) is 60.3 Å². The minimum absolute atomic E-state index is 0.0148. The average Bonchev–Trinajstić information content (AvgIpc) is 3.45. The second kappa shape index (κ2) is 12.1. The number of rotatable bonds is 10. The first-order valence-electron chi connectivity index (χ1n) is 14.0. The van der Waals surface area contributed by atoms with E-state index in [0.717, 1.165) is 16.8 Å². The van der Waals surface area contributed by atoms with Crippen molar-refractivity contribution in [3.05, 3.63) is 52.1 Å². The van der Waals surface area contributed by atoms with Gasteiger partial charge in [-0.1, -0.05) is 20.8 Å². The number of amides is 1. The smallest absolute Gasteiger partial charge is 0.224 e. The number of methoxy groups -OCH3 is 2. The molecule has 1 saturated heterocycles. The monoisotopic (exact) mass is 566 g/mol. The number of carbonyl (C=O) groups excluding carboxylic acids is 2. The van der Waals surface area contributed by atoms with Gasteiger partial charge in [-0.05, 0) is 42.2 Å². The standard InChI is InChI=1S/C31H42N4O6/c1-8-41-26-12-20-14-35(30(32)21(20)9-19(26)13-28(38)33-5)15-24(36)18-10-22(31(2,3)4)29(40-7)23(11-18)34-16-25(37)27(17-34)39-6/h9-12,25,27,32,37H,8,13-17H2,1-7H3,(H,33,38). The lowest BCUT2D eigenvalue weighted by Crippen LogP contribution is -2.31. The lowest BCUT2D eigenvalue weighted by molar-refractivity contribution is -0.119. The molecule has 10 heteroatoms. The largest absolute Gasteiger partial charge is 0.494 e. The Labute approximate surface area is 242 Å². The molecule has 2 unspecified atom stereocenters. The zero-order chi connectivity index (χ0) is 30.1. The molecule has 10 nitrogen and oxygen atoms in total. The summed E-state index contributed by atoms with van der Waals surface area (Å²) < 4.78 is 17.1. The third kappa shape index (κ3) is 6.18. The summed E-state index contributed by atoms with van der Waals surface area (Å²) in [6.07, 6.45) is -0.846. The van der Waals surface area contributed by atoms with Crippen LogP contribution in [-0.4, -0.2) is 87.2 Å². The molecule has 0 bridgehead atoms. The van der Waals surface area contributed by atoms with Crippen LogP contribution in [0, 0.1) is 5.41 Å². The number of fused-ring (bicyclic) bond motifs is 1. The van der Waals surface area contributed by atoms with Gasteiger partial charge in [0.15, 0.2) is 5.78 Å². The van der Waals surface area contributed by atoms with Crippen LogP contribution < -0.4 is 19.7 Å². The first-order chi connectivity index (χ1) is 19.4. The number of hydrogen-bond donors (Lipinski definition) is 3. The zero-order valence-corrected chi connectivity index (χ0v) is 25.1. The number of likely N-dealkylation sites (N-methyl/N-ethyl adjacent to an activating group) is 1. The molecule has 2 aromatic rings. The zero-order valence-electron chi connectivity index (χ0n) is 25.1. The van der Waals surface area contributed by atoms with E-state index < -0.39 is 6.10 Å². The summed E-state index contributed by atoms with van der Waals surface area (Å²) in [5, 5.41) is 22.0. The van der Waals surface area contributed by atoms with E-state index in [4.69, 9.17) is 19.6 Å². The Morgan fingerprint density at radius 3 is 2.46 bits per heavy atom. The molecule has 222 valence electrons. The first-order valence-corrected chi connectivity index (χ1v) is 14.0. The summed E-state index contributed by atoms with van der Waals surface area (Å²) in [6.45, 7) is 9.79. The van der Waals surface area contributed by atoms with Crippen molar-refractivity contribution in [3.8, 4) is 11.5 Å². The Morgan fingerprint density at radius 1 is 1.15 bits per heavy atom. The van der Waals surface area contributed by atoms with Gasteiger partial charge in [0.1, 0.15) is 23.4 Å². The number of aliphatic hydroxyl groups excluding tert-OH is 1. The number of carbonyl (C=O) groups is 2. The van der Waals surface area contributed by atoms with E-state index in [9.17, 15) is 14.7 Å². The average molecular weight is 567 g/mol. The fraction of sp³-hybridized carbons (Fsp3) is 0.516. The van der Waals surface area contributed by atoms with E-state index in [1.54, 1.807) is 26.2 Å². The first kappa shape index (κ1) is 30.3. The van der Waals surface area contributed by atoms with Gasteiger partial charge < -0.3 is 34.4 Å². The second-order valence-electron chi connectivity index (χ2n) is 11.6. The number of ketones is 1. The molecule has 2 aromatic carbocycles. The van der Waals surface area contributed by atoms with Crippen molar-refractivity contribution in [2.24, 2.45) is 0 Å². The van der Waals surface area contributed by atoms with Crippen molar-refractivity contribution >= 4 is 23.2 Å². The molecule has 0 radical (unpaired) electrons. The quantitative estimate of drug-likeness (QED) is 0.375. The molecule has 0 saturated carbocycles. The molecule has 1 amide bonds. The van der Waals surface area contributed by atoms with Crippen LogP contribution in [0.25, 0.3) is 0 Å². The van der Waals surface area contributed by atoms with Gasteiger partial charge in [0.25, 0.3) is 0 Å². The highest BCUT2D eigenvalue weighted by Gasteiger charge is 2.35. The van der Waals surface area contributed by atoms with Crippen LogP contribution in [0.2, 0.25) is 0 Å². The van der Waals surface area contributed by atoms with Gasteiger partial charge in [-0.25, -0.2) is 0 Å². The molecule has 2 atom stereocenters. The Kier molecular flexibility index (Phi) is 8.94. The Morgan fingerprint density at radius 2 is 1.88 bits per heavy atom. The van der Waals surface area contributed by atoms with Crippen molar-refractivity contribution in [2.45, 2.75) is 58.3 Å². The number of amidine groups is 1. The predicted octanol–water partition coefficient (Wildman–Crippen LogP) is 2.90. The summed E-state index contributed by atoms with van der Waals surface area (Å²) in [5.41, 5.74) is 4.11. The van der Waals surface area contributed by atoms with E-state index in [1.165, 1.54) is 0 Å². The van der Waals surface area contributed by atoms with Crippen molar-refractivity contribution < 1.29 is 28.9 Å². The highest BCUT2D eigenvalue weighted by atomic mass is 16.5. The molecule has 1 fully saturated rings. The number of nitrogens with zero attached hydrogens (tertiary/aromatic N) is 2. The van der Waals surface area contributed by atoms with Gasteiger partial charge in [0, 0.05) is 56.0 Å². The Hall–Kier alpha value is -3.63. The van der Waals surface area contributed by atoms with Crippen LogP contribution in [0.15, 0.2) is 24.3 Å². The van der Waals surface area contributed by atoms with E-state index in [-0.39, 0.29) is 42.0 Å². The highest BCUT2D eigenvalue weighted by molar-refractivity contribution is 6.06. The van der Waals surface area contributed by atoms with Gasteiger partial charge in [-0.3, -0.25) is 15.0 Å². The number of anilines is 1.